The lowest BCUT2D eigenvalue weighted by molar-refractivity contribution is -0.116. The molecule has 5 rings (SSSR count). The molecule has 2 aromatic carbocycles. The van der Waals surface area contributed by atoms with Gasteiger partial charge in [-0.25, -0.2) is 4.98 Å². The van der Waals surface area contributed by atoms with E-state index in [0.29, 0.717) is 55.1 Å². The molecule has 8 heteroatoms. The lowest BCUT2D eigenvalue weighted by Gasteiger charge is -2.18. The highest BCUT2D eigenvalue weighted by molar-refractivity contribution is 5.92. The molecule has 2 aliphatic heterocycles. The minimum absolute atomic E-state index is 0.130. The third-order valence-corrected chi connectivity index (χ3v) is 4.63. The fourth-order valence-electron chi connectivity index (χ4n) is 3.32. The number of hydrogen-bond acceptors (Lipinski definition) is 6. The molecule has 1 aromatic heterocycles. The molecule has 0 spiro atoms. The zero-order valence-electron chi connectivity index (χ0n) is 15.1. The summed E-state index contributed by atoms with van der Waals surface area (Å²) in [6.45, 7) is 2.39. The van der Waals surface area contributed by atoms with E-state index in [4.69, 9.17) is 18.9 Å². The summed E-state index contributed by atoms with van der Waals surface area (Å²) in [5.74, 6) is 2.53. The van der Waals surface area contributed by atoms with Gasteiger partial charge in [0.25, 0.3) is 0 Å². The minimum Gasteiger partial charge on any atom is -0.490 e. The van der Waals surface area contributed by atoms with Crippen molar-refractivity contribution in [3.05, 3.63) is 36.7 Å². The monoisotopic (exact) mass is 381 g/mol. The average Bonchev–Trinajstić information content (AvgIpc) is 2.93. The van der Waals surface area contributed by atoms with E-state index < -0.39 is 0 Å². The first-order valence-electron chi connectivity index (χ1n) is 9.20. The van der Waals surface area contributed by atoms with E-state index in [1.54, 1.807) is 23.0 Å². The van der Waals surface area contributed by atoms with Crippen LogP contribution in [0.2, 0.25) is 0 Å². The predicted octanol–water partition coefficient (Wildman–Crippen LogP) is 2.61. The second-order valence-corrected chi connectivity index (χ2v) is 6.62. The molecule has 0 unspecified atom stereocenters. The fourth-order valence-corrected chi connectivity index (χ4v) is 3.32. The van der Waals surface area contributed by atoms with E-state index in [2.05, 4.69) is 10.3 Å². The number of hydrogen-bond donors (Lipinski definition) is 1. The van der Waals surface area contributed by atoms with Gasteiger partial charge in [-0.2, -0.15) is 0 Å². The van der Waals surface area contributed by atoms with Gasteiger partial charge < -0.3 is 28.8 Å². The Bertz CT molecular complexity index is 1050. The summed E-state index contributed by atoms with van der Waals surface area (Å²) < 4.78 is 24.3. The standard InChI is InChI=1S/C20H19N3O5/c24-20(22-13-2-3-16-17(8-13)26-5-1-4-25-16)11-23-12-21-14-9-18-19(10-15(14)23)28-7-6-27-18/h2-3,8-10,12H,1,4-7,11H2,(H,22,24). The molecule has 0 fully saturated rings. The van der Waals surface area contributed by atoms with Crippen molar-refractivity contribution in [1.29, 1.82) is 0 Å². The molecule has 1 amide bonds. The molecule has 0 radical (unpaired) electrons. The quantitative estimate of drug-likeness (QED) is 0.751. The van der Waals surface area contributed by atoms with Crippen molar-refractivity contribution in [2.24, 2.45) is 0 Å². The van der Waals surface area contributed by atoms with Gasteiger partial charge in [0, 0.05) is 30.3 Å². The van der Waals surface area contributed by atoms with Crippen LogP contribution in [0.3, 0.4) is 0 Å². The highest BCUT2D eigenvalue weighted by Crippen LogP contribution is 2.34. The number of benzene rings is 2. The fraction of sp³-hybridized carbons (Fsp3) is 0.300. The Labute approximate surface area is 161 Å². The number of nitrogens with zero attached hydrogens (tertiary/aromatic N) is 2. The zero-order chi connectivity index (χ0) is 18.9. The van der Waals surface area contributed by atoms with Crippen LogP contribution in [0.5, 0.6) is 23.0 Å². The molecule has 0 saturated carbocycles. The lowest BCUT2D eigenvalue weighted by Crippen LogP contribution is -2.18. The third kappa shape index (κ3) is 3.17. The Morgan fingerprint density at radius 1 is 0.929 bits per heavy atom. The van der Waals surface area contributed by atoms with Gasteiger partial charge in [0.05, 0.1) is 30.6 Å². The van der Waals surface area contributed by atoms with E-state index in [9.17, 15) is 4.79 Å². The van der Waals surface area contributed by atoms with Crippen molar-refractivity contribution in [3.63, 3.8) is 0 Å². The lowest BCUT2D eigenvalue weighted by atomic mass is 10.2. The van der Waals surface area contributed by atoms with Gasteiger partial charge >= 0.3 is 0 Å². The number of rotatable bonds is 3. The molecular formula is C20H19N3O5. The minimum atomic E-state index is -0.163. The van der Waals surface area contributed by atoms with Crippen molar-refractivity contribution in [2.45, 2.75) is 13.0 Å². The summed E-state index contributed by atoms with van der Waals surface area (Å²) in [4.78, 5) is 16.9. The highest BCUT2D eigenvalue weighted by atomic mass is 16.6. The van der Waals surface area contributed by atoms with Crippen LogP contribution in [0.25, 0.3) is 11.0 Å². The Morgan fingerprint density at radius 3 is 2.50 bits per heavy atom. The highest BCUT2D eigenvalue weighted by Gasteiger charge is 2.17. The summed E-state index contributed by atoms with van der Waals surface area (Å²) in [6.07, 6.45) is 2.48. The number of nitrogens with one attached hydrogen (secondary N) is 1. The second kappa shape index (κ2) is 6.95. The molecule has 0 atom stereocenters. The van der Waals surface area contributed by atoms with Crippen LogP contribution in [0.4, 0.5) is 5.69 Å². The zero-order valence-corrected chi connectivity index (χ0v) is 15.1. The number of imidazole rings is 1. The molecule has 2 aliphatic rings. The van der Waals surface area contributed by atoms with E-state index in [1.807, 2.05) is 18.2 Å². The molecule has 0 saturated heterocycles. The first-order chi connectivity index (χ1) is 13.8. The maximum atomic E-state index is 12.6. The molecule has 0 bridgehead atoms. The van der Waals surface area contributed by atoms with Crippen LogP contribution in [-0.4, -0.2) is 41.9 Å². The first-order valence-corrected chi connectivity index (χ1v) is 9.20. The van der Waals surface area contributed by atoms with E-state index in [1.165, 1.54) is 0 Å². The molecular weight excluding hydrogens is 362 g/mol. The van der Waals surface area contributed by atoms with Gasteiger partial charge in [-0.15, -0.1) is 0 Å². The third-order valence-electron chi connectivity index (χ3n) is 4.63. The Balaban J connectivity index is 1.34. The summed E-state index contributed by atoms with van der Waals surface area (Å²) in [5.41, 5.74) is 2.23. The van der Waals surface area contributed by atoms with Crippen LogP contribution < -0.4 is 24.3 Å². The van der Waals surface area contributed by atoms with Crippen molar-refractivity contribution in [2.75, 3.05) is 31.7 Å². The first kappa shape index (κ1) is 16.7. The normalized spacial score (nSPS) is 15.1. The Hall–Kier alpha value is -3.42. The largest absolute Gasteiger partial charge is 0.490 e. The number of fused-ring (bicyclic) bond motifs is 3. The topological polar surface area (TPSA) is 83.8 Å². The Kier molecular flexibility index (Phi) is 4.16. The summed E-state index contributed by atoms with van der Waals surface area (Å²) in [6, 6.07) is 9.09. The van der Waals surface area contributed by atoms with Gasteiger partial charge in [-0.05, 0) is 12.1 Å². The van der Waals surface area contributed by atoms with Crippen LogP contribution in [0.1, 0.15) is 6.42 Å². The smallest absolute Gasteiger partial charge is 0.244 e. The second-order valence-electron chi connectivity index (χ2n) is 6.62. The number of amides is 1. The van der Waals surface area contributed by atoms with Crippen LogP contribution >= 0.6 is 0 Å². The van der Waals surface area contributed by atoms with E-state index in [0.717, 1.165) is 17.5 Å². The van der Waals surface area contributed by atoms with Gasteiger partial charge in [-0.1, -0.05) is 0 Å². The van der Waals surface area contributed by atoms with Crippen LogP contribution in [0, 0.1) is 0 Å². The molecule has 3 heterocycles. The van der Waals surface area contributed by atoms with Gasteiger partial charge in [-0.3, -0.25) is 4.79 Å². The summed E-state index contributed by atoms with van der Waals surface area (Å²) in [5, 5.41) is 2.90. The maximum absolute atomic E-state index is 12.6. The molecule has 1 N–H and O–H groups in total. The number of anilines is 1. The van der Waals surface area contributed by atoms with Crippen molar-refractivity contribution in [3.8, 4) is 23.0 Å². The molecule has 28 heavy (non-hydrogen) atoms. The van der Waals surface area contributed by atoms with Gasteiger partial charge in [0.2, 0.25) is 5.91 Å². The van der Waals surface area contributed by atoms with E-state index >= 15 is 0 Å². The number of carbonyl (C=O) groups is 1. The average molecular weight is 381 g/mol. The van der Waals surface area contributed by atoms with Gasteiger partial charge in [0.15, 0.2) is 23.0 Å². The SMILES string of the molecule is O=C(Cn1cnc2cc3c(cc21)OCCO3)Nc1ccc2c(c1)OCCCO2. The van der Waals surface area contributed by atoms with Crippen molar-refractivity contribution < 1.29 is 23.7 Å². The Morgan fingerprint density at radius 2 is 1.64 bits per heavy atom. The van der Waals surface area contributed by atoms with Crippen molar-refractivity contribution >= 4 is 22.6 Å². The summed E-state index contributed by atoms with van der Waals surface area (Å²) >= 11 is 0. The predicted molar refractivity (Wildman–Crippen MR) is 101 cm³/mol. The van der Waals surface area contributed by atoms with Gasteiger partial charge in [0.1, 0.15) is 19.8 Å². The molecule has 8 nitrogen and oxygen atoms in total. The summed E-state index contributed by atoms with van der Waals surface area (Å²) in [7, 11) is 0. The number of aromatic nitrogens is 2. The molecule has 3 aromatic rings. The molecule has 144 valence electrons. The van der Waals surface area contributed by atoms with E-state index in [-0.39, 0.29) is 12.5 Å². The number of ether oxygens (including phenoxy) is 4. The number of carbonyl (C=O) groups excluding carboxylic acids is 1. The molecule has 0 aliphatic carbocycles. The van der Waals surface area contributed by atoms with Crippen LogP contribution in [-0.2, 0) is 11.3 Å². The maximum Gasteiger partial charge on any atom is 0.244 e. The van der Waals surface area contributed by atoms with Crippen molar-refractivity contribution in [1.82, 2.24) is 9.55 Å². The van der Waals surface area contributed by atoms with Crippen LogP contribution in [0.15, 0.2) is 36.7 Å².